The molecule has 0 radical (unpaired) electrons. The van der Waals surface area contributed by atoms with Crippen LogP contribution in [-0.4, -0.2) is 60.7 Å². The molecule has 10 heteroatoms. The predicted molar refractivity (Wildman–Crippen MR) is 120 cm³/mol. The van der Waals surface area contributed by atoms with Crippen molar-refractivity contribution in [1.29, 1.82) is 0 Å². The molecular formula is C21H23FN4O3S2. The van der Waals surface area contributed by atoms with Crippen molar-refractivity contribution in [3.05, 3.63) is 59.9 Å². The maximum Gasteiger partial charge on any atom is 0.243 e. The van der Waals surface area contributed by atoms with Gasteiger partial charge in [0.15, 0.2) is 5.13 Å². The van der Waals surface area contributed by atoms with E-state index in [4.69, 9.17) is 0 Å². The van der Waals surface area contributed by atoms with E-state index in [9.17, 15) is 17.6 Å². The first-order valence-corrected chi connectivity index (χ1v) is 12.4. The molecule has 0 spiro atoms. The Hall–Kier alpha value is -2.40. The zero-order valence-corrected chi connectivity index (χ0v) is 18.6. The number of nitrogens with zero attached hydrogens (tertiary/aromatic N) is 3. The van der Waals surface area contributed by atoms with Gasteiger partial charge in [0.2, 0.25) is 15.9 Å². The lowest BCUT2D eigenvalue weighted by atomic mass is 10.2. The number of thiazole rings is 1. The van der Waals surface area contributed by atoms with Crippen LogP contribution in [0.3, 0.4) is 0 Å². The fourth-order valence-electron chi connectivity index (χ4n) is 3.57. The zero-order valence-electron chi connectivity index (χ0n) is 17.0. The molecule has 1 atom stereocenters. The van der Waals surface area contributed by atoms with Crippen LogP contribution in [0, 0.1) is 5.82 Å². The molecule has 1 aromatic heterocycles. The molecule has 2 aromatic carbocycles. The molecule has 7 nitrogen and oxygen atoms in total. The number of benzene rings is 2. The van der Waals surface area contributed by atoms with Gasteiger partial charge in [-0.25, -0.2) is 17.8 Å². The molecule has 3 aromatic rings. The van der Waals surface area contributed by atoms with Crippen molar-refractivity contribution in [3.63, 3.8) is 0 Å². The Balaban J connectivity index is 1.33. The number of amides is 1. The number of piperazine rings is 1. The minimum atomic E-state index is -3.41. The first kappa shape index (κ1) is 21.8. The number of carbonyl (C=O) groups is 1. The van der Waals surface area contributed by atoms with Crippen molar-refractivity contribution in [2.24, 2.45) is 0 Å². The van der Waals surface area contributed by atoms with Crippen molar-refractivity contribution < 1.29 is 17.6 Å². The second-order valence-corrected chi connectivity index (χ2v) is 10.5. The van der Waals surface area contributed by atoms with E-state index in [0.29, 0.717) is 41.5 Å². The first-order valence-electron chi connectivity index (χ1n) is 9.94. The summed E-state index contributed by atoms with van der Waals surface area (Å²) in [5.41, 5.74) is 1.39. The highest BCUT2D eigenvalue weighted by molar-refractivity contribution is 7.88. The standard InChI is InChI=1S/C21H23FN4O3S2/c1-15(20(27)24-21-23-18-8-7-17(22)13-19(18)30-21)25-9-11-26(12-10-25)31(28,29)14-16-5-3-2-4-6-16/h2-8,13,15H,9-12,14H2,1H3,(H,23,24,27). The summed E-state index contributed by atoms with van der Waals surface area (Å²) in [6, 6.07) is 13.0. The lowest BCUT2D eigenvalue weighted by Crippen LogP contribution is -2.54. The Morgan fingerprint density at radius 3 is 2.58 bits per heavy atom. The lowest BCUT2D eigenvalue weighted by Gasteiger charge is -2.36. The average molecular weight is 463 g/mol. The lowest BCUT2D eigenvalue weighted by molar-refractivity contribution is -0.121. The number of hydrogen-bond acceptors (Lipinski definition) is 6. The smallest absolute Gasteiger partial charge is 0.243 e. The van der Waals surface area contributed by atoms with Crippen LogP contribution in [0.1, 0.15) is 12.5 Å². The van der Waals surface area contributed by atoms with Crippen molar-refractivity contribution >= 4 is 42.6 Å². The van der Waals surface area contributed by atoms with E-state index in [1.165, 1.54) is 27.8 Å². The van der Waals surface area contributed by atoms with Gasteiger partial charge >= 0.3 is 0 Å². The van der Waals surface area contributed by atoms with Crippen LogP contribution in [0.4, 0.5) is 9.52 Å². The third-order valence-electron chi connectivity index (χ3n) is 5.37. The molecule has 1 aliphatic rings. The Morgan fingerprint density at radius 2 is 1.87 bits per heavy atom. The largest absolute Gasteiger partial charge is 0.301 e. The van der Waals surface area contributed by atoms with Crippen LogP contribution in [0.15, 0.2) is 48.5 Å². The highest BCUT2D eigenvalue weighted by atomic mass is 32.2. The monoisotopic (exact) mass is 462 g/mol. The summed E-state index contributed by atoms with van der Waals surface area (Å²) in [5.74, 6) is -0.593. The number of aromatic nitrogens is 1. The second-order valence-electron chi connectivity index (χ2n) is 7.47. The number of carbonyl (C=O) groups excluding carboxylic acids is 1. The number of fused-ring (bicyclic) bond motifs is 1. The molecule has 1 saturated heterocycles. The Labute approximate surface area is 184 Å². The molecule has 4 rings (SSSR count). The summed E-state index contributed by atoms with van der Waals surface area (Å²) in [7, 11) is -3.41. The average Bonchev–Trinajstić information content (AvgIpc) is 3.15. The van der Waals surface area contributed by atoms with Gasteiger partial charge < -0.3 is 5.32 Å². The number of rotatable bonds is 6. The molecule has 1 unspecified atom stereocenters. The molecule has 1 fully saturated rings. The molecule has 1 aliphatic heterocycles. The van der Waals surface area contributed by atoms with Crippen LogP contribution < -0.4 is 5.32 Å². The Kier molecular flexibility index (Phi) is 6.33. The van der Waals surface area contributed by atoms with E-state index in [1.807, 2.05) is 23.1 Å². The number of sulfonamides is 1. The molecule has 0 aliphatic carbocycles. The summed E-state index contributed by atoms with van der Waals surface area (Å²) >= 11 is 1.22. The Morgan fingerprint density at radius 1 is 1.16 bits per heavy atom. The quantitative estimate of drug-likeness (QED) is 0.609. The number of anilines is 1. The zero-order chi connectivity index (χ0) is 22.0. The maximum atomic E-state index is 13.4. The van der Waals surface area contributed by atoms with Gasteiger partial charge in [-0.2, -0.15) is 4.31 Å². The maximum absolute atomic E-state index is 13.4. The van der Waals surface area contributed by atoms with E-state index < -0.39 is 16.1 Å². The number of hydrogen-bond donors (Lipinski definition) is 1. The van der Waals surface area contributed by atoms with Crippen molar-refractivity contribution in [1.82, 2.24) is 14.2 Å². The van der Waals surface area contributed by atoms with Crippen molar-refractivity contribution in [2.75, 3.05) is 31.5 Å². The van der Waals surface area contributed by atoms with E-state index in [1.54, 1.807) is 25.1 Å². The van der Waals surface area contributed by atoms with Gasteiger partial charge in [0.25, 0.3) is 0 Å². The SMILES string of the molecule is CC(C(=O)Nc1nc2ccc(F)cc2s1)N1CCN(S(=O)(=O)Cc2ccccc2)CC1. The molecule has 0 saturated carbocycles. The first-order chi connectivity index (χ1) is 14.8. The fourth-order valence-corrected chi connectivity index (χ4v) is 5.98. The van der Waals surface area contributed by atoms with Gasteiger partial charge in [-0.05, 0) is 30.7 Å². The highest BCUT2D eigenvalue weighted by Gasteiger charge is 2.31. The van der Waals surface area contributed by atoms with E-state index in [0.717, 1.165) is 5.56 Å². The van der Waals surface area contributed by atoms with Crippen LogP contribution in [0.2, 0.25) is 0 Å². The molecule has 1 N–H and O–H groups in total. The van der Waals surface area contributed by atoms with Gasteiger partial charge in [0, 0.05) is 26.2 Å². The van der Waals surface area contributed by atoms with Crippen LogP contribution in [-0.2, 0) is 20.6 Å². The van der Waals surface area contributed by atoms with Gasteiger partial charge in [-0.1, -0.05) is 41.7 Å². The van der Waals surface area contributed by atoms with Crippen molar-refractivity contribution in [3.8, 4) is 0 Å². The van der Waals surface area contributed by atoms with Crippen LogP contribution in [0.25, 0.3) is 10.2 Å². The van der Waals surface area contributed by atoms with Gasteiger partial charge in [-0.15, -0.1) is 0 Å². The fraction of sp³-hybridized carbons (Fsp3) is 0.333. The molecule has 31 heavy (non-hydrogen) atoms. The summed E-state index contributed by atoms with van der Waals surface area (Å²) < 4.78 is 40.9. The minimum Gasteiger partial charge on any atom is -0.301 e. The van der Waals surface area contributed by atoms with Gasteiger partial charge in [0.05, 0.1) is 22.0 Å². The van der Waals surface area contributed by atoms with Crippen LogP contribution in [0.5, 0.6) is 0 Å². The van der Waals surface area contributed by atoms with Crippen molar-refractivity contribution in [2.45, 2.75) is 18.7 Å². The predicted octanol–water partition coefficient (Wildman–Crippen LogP) is 2.91. The molecular weight excluding hydrogens is 439 g/mol. The van der Waals surface area contributed by atoms with Crippen LogP contribution >= 0.6 is 11.3 Å². The van der Waals surface area contributed by atoms with E-state index >= 15 is 0 Å². The third kappa shape index (κ3) is 5.09. The van der Waals surface area contributed by atoms with Gasteiger partial charge in [0.1, 0.15) is 5.82 Å². The number of halogens is 1. The van der Waals surface area contributed by atoms with E-state index in [-0.39, 0.29) is 17.5 Å². The normalized spacial score (nSPS) is 17.0. The minimum absolute atomic E-state index is 0.0257. The summed E-state index contributed by atoms with van der Waals surface area (Å²) in [6.07, 6.45) is 0. The highest BCUT2D eigenvalue weighted by Crippen LogP contribution is 2.26. The molecule has 2 heterocycles. The molecule has 164 valence electrons. The summed E-state index contributed by atoms with van der Waals surface area (Å²) in [4.78, 5) is 19.0. The van der Waals surface area contributed by atoms with E-state index in [2.05, 4.69) is 10.3 Å². The summed E-state index contributed by atoms with van der Waals surface area (Å²) in [6.45, 7) is 3.40. The topological polar surface area (TPSA) is 82.6 Å². The third-order valence-corrected chi connectivity index (χ3v) is 8.15. The molecule has 1 amide bonds. The van der Waals surface area contributed by atoms with Gasteiger partial charge in [-0.3, -0.25) is 9.69 Å². The molecule has 0 bridgehead atoms. The second kappa shape index (κ2) is 8.99. The summed E-state index contributed by atoms with van der Waals surface area (Å²) in [5, 5.41) is 3.21. The Bertz CT molecular complexity index is 1180. The number of nitrogens with one attached hydrogen (secondary N) is 1.